The third-order valence-electron chi connectivity index (χ3n) is 9.88. The number of alkyl halides is 1. The maximum absolute atomic E-state index is 16.9. The molecule has 11 heteroatoms. The molecule has 0 amide bonds. The highest BCUT2D eigenvalue weighted by molar-refractivity contribution is 6.02. The van der Waals surface area contributed by atoms with Crippen molar-refractivity contribution in [1.82, 2.24) is 19.9 Å². The standard InChI is InChI=1S/C33H36F3N5O3/c1-4-21-23(35)7-6-18-12-20(43)13-22(26(18)21)29-28(36)30-27-24(37-29)8-9-25(17(2)42)40(3)31(27)39-32(38-30)44-16-33-10-5-11-41(33)15-19(34)14-33/h6-7,12-13,17,19,25,42-43H,4-5,8-11,14-16H2,1-3H3/t17-,19-,25-,33+/m1/s1. The van der Waals surface area contributed by atoms with E-state index in [2.05, 4.69) is 9.88 Å². The Balaban J connectivity index is 1.43. The Bertz CT molecular complexity index is 1790. The second-order valence-corrected chi connectivity index (χ2v) is 12.6. The number of aryl methyl sites for hydroxylation is 2. The average molecular weight is 608 g/mol. The molecule has 0 radical (unpaired) electrons. The smallest absolute Gasteiger partial charge is 0.319 e. The molecule has 2 aromatic heterocycles. The summed E-state index contributed by atoms with van der Waals surface area (Å²) in [6.07, 6.45) is 1.74. The van der Waals surface area contributed by atoms with Gasteiger partial charge >= 0.3 is 6.01 Å². The van der Waals surface area contributed by atoms with Crippen LogP contribution in [0.15, 0.2) is 24.3 Å². The number of hydrogen-bond donors (Lipinski definition) is 2. The van der Waals surface area contributed by atoms with Crippen LogP contribution >= 0.6 is 0 Å². The number of anilines is 1. The van der Waals surface area contributed by atoms with Crippen LogP contribution in [-0.4, -0.2) is 80.7 Å². The van der Waals surface area contributed by atoms with E-state index in [9.17, 15) is 14.6 Å². The number of hydrogen-bond acceptors (Lipinski definition) is 8. The van der Waals surface area contributed by atoms with Gasteiger partial charge in [-0.1, -0.05) is 13.0 Å². The summed E-state index contributed by atoms with van der Waals surface area (Å²) in [5.74, 6) is -0.879. The van der Waals surface area contributed by atoms with Crippen molar-refractivity contribution in [1.29, 1.82) is 0 Å². The summed E-state index contributed by atoms with van der Waals surface area (Å²) in [6.45, 7) is 4.87. The molecular weight excluding hydrogens is 571 g/mol. The molecule has 4 aromatic rings. The Labute approximate surface area is 253 Å². The molecular formula is C33H36F3N5O3. The molecule has 2 fully saturated rings. The quantitative estimate of drug-likeness (QED) is 0.298. The third-order valence-corrected chi connectivity index (χ3v) is 9.88. The first-order chi connectivity index (χ1) is 21.1. The van der Waals surface area contributed by atoms with E-state index in [0.29, 0.717) is 65.5 Å². The van der Waals surface area contributed by atoms with Gasteiger partial charge in [-0.25, -0.2) is 18.2 Å². The molecule has 0 saturated carbocycles. The van der Waals surface area contributed by atoms with Crippen molar-refractivity contribution in [3.8, 4) is 23.0 Å². The number of pyridine rings is 1. The van der Waals surface area contributed by atoms with E-state index < -0.39 is 29.4 Å². The fraction of sp³-hybridized carbons (Fsp3) is 0.485. The molecule has 0 spiro atoms. The molecule has 2 aromatic carbocycles. The summed E-state index contributed by atoms with van der Waals surface area (Å²) in [5, 5.41) is 22.7. The van der Waals surface area contributed by atoms with Crippen LogP contribution in [0.2, 0.25) is 0 Å². The van der Waals surface area contributed by atoms with Gasteiger partial charge in [0, 0.05) is 25.6 Å². The van der Waals surface area contributed by atoms with Gasteiger partial charge in [-0.05, 0) is 80.1 Å². The van der Waals surface area contributed by atoms with Crippen LogP contribution in [0, 0.1) is 11.6 Å². The van der Waals surface area contributed by atoms with Crippen LogP contribution in [-0.2, 0) is 12.8 Å². The maximum atomic E-state index is 16.9. The minimum absolute atomic E-state index is 0.00962. The number of likely N-dealkylation sites (N-methyl/N-ethyl adjacent to an activating group) is 1. The van der Waals surface area contributed by atoms with Crippen LogP contribution in [0.3, 0.4) is 0 Å². The van der Waals surface area contributed by atoms with E-state index in [4.69, 9.17) is 14.7 Å². The molecule has 3 aliphatic heterocycles. The number of phenolic OH excluding ortho intramolecular Hbond substituents is 1. The molecule has 5 heterocycles. The summed E-state index contributed by atoms with van der Waals surface area (Å²) in [4.78, 5) is 18.0. The Morgan fingerprint density at radius 1 is 1.16 bits per heavy atom. The highest BCUT2D eigenvalue weighted by Crippen LogP contribution is 2.43. The number of nitrogens with zero attached hydrogens (tertiary/aromatic N) is 5. The number of rotatable bonds is 6. The molecule has 8 nitrogen and oxygen atoms in total. The Morgan fingerprint density at radius 3 is 2.75 bits per heavy atom. The van der Waals surface area contributed by atoms with E-state index in [0.717, 1.165) is 19.4 Å². The zero-order valence-corrected chi connectivity index (χ0v) is 25.1. The highest BCUT2D eigenvalue weighted by Gasteiger charge is 2.49. The number of phenols is 1. The van der Waals surface area contributed by atoms with Crippen molar-refractivity contribution < 1.29 is 28.1 Å². The van der Waals surface area contributed by atoms with Crippen LogP contribution in [0.25, 0.3) is 32.9 Å². The molecule has 2 saturated heterocycles. The van der Waals surface area contributed by atoms with E-state index in [-0.39, 0.29) is 41.2 Å². The zero-order chi connectivity index (χ0) is 30.9. The zero-order valence-electron chi connectivity index (χ0n) is 25.1. The highest BCUT2D eigenvalue weighted by atomic mass is 19.1. The fourth-order valence-electron chi connectivity index (χ4n) is 7.76. The first-order valence-corrected chi connectivity index (χ1v) is 15.4. The van der Waals surface area contributed by atoms with Gasteiger partial charge in [0.1, 0.15) is 41.4 Å². The molecule has 7 rings (SSSR count). The fourth-order valence-corrected chi connectivity index (χ4v) is 7.76. The minimum Gasteiger partial charge on any atom is -0.508 e. The number of benzene rings is 2. The van der Waals surface area contributed by atoms with Gasteiger partial charge in [-0.2, -0.15) is 9.97 Å². The summed E-state index contributed by atoms with van der Waals surface area (Å²) >= 11 is 0. The second-order valence-electron chi connectivity index (χ2n) is 12.6. The van der Waals surface area contributed by atoms with Crippen LogP contribution in [0.4, 0.5) is 19.0 Å². The van der Waals surface area contributed by atoms with Crippen molar-refractivity contribution in [3.63, 3.8) is 0 Å². The number of halogens is 3. The Morgan fingerprint density at radius 2 is 1.98 bits per heavy atom. The lowest BCUT2D eigenvalue weighted by Crippen LogP contribution is -2.43. The Kier molecular flexibility index (Phi) is 7.08. The van der Waals surface area contributed by atoms with Gasteiger partial charge in [0.15, 0.2) is 5.82 Å². The van der Waals surface area contributed by atoms with E-state index in [1.807, 2.05) is 11.8 Å². The van der Waals surface area contributed by atoms with Gasteiger partial charge in [-0.3, -0.25) is 4.90 Å². The van der Waals surface area contributed by atoms with Crippen molar-refractivity contribution in [2.75, 3.05) is 31.6 Å². The van der Waals surface area contributed by atoms with Crippen molar-refractivity contribution in [2.24, 2.45) is 0 Å². The van der Waals surface area contributed by atoms with E-state index >= 15 is 8.78 Å². The summed E-state index contributed by atoms with van der Waals surface area (Å²) in [6, 6.07) is 5.46. The molecule has 44 heavy (non-hydrogen) atoms. The first kappa shape index (κ1) is 29.0. The number of fused-ring (bicyclic) bond motifs is 2. The second kappa shape index (κ2) is 10.7. The maximum Gasteiger partial charge on any atom is 0.319 e. The summed E-state index contributed by atoms with van der Waals surface area (Å²) < 4.78 is 52.5. The van der Waals surface area contributed by atoms with Crippen LogP contribution in [0.5, 0.6) is 11.8 Å². The molecule has 0 bridgehead atoms. The molecule has 3 aliphatic rings. The van der Waals surface area contributed by atoms with Gasteiger partial charge in [-0.15, -0.1) is 0 Å². The Hall–Kier alpha value is -3.70. The normalized spacial score (nSPS) is 24.2. The van der Waals surface area contributed by atoms with Gasteiger partial charge in [0.2, 0.25) is 0 Å². The lowest BCUT2D eigenvalue weighted by molar-refractivity contribution is 0.107. The SMILES string of the molecule is CCc1c(F)ccc2cc(O)cc(-c3nc4c5c(nc(OC[C@@]67CCCN6C[C@H](F)C7)nc5c3F)N(C)[C@@H]([C@@H](C)O)CC4)c12. The number of aromatic nitrogens is 3. The monoisotopic (exact) mass is 607 g/mol. The number of aliphatic hydroxyl groups is 1. The lowest BCUT2D eigenvalue weighted by Gasteiger charge is -2.32. The molecule has 2 N–H and O–H groups in total. The number of aliphatic hydroxyl groups excluding tert-OH is 1. The average Bonchev–Trinajstić information content (AvgIpc) is 3.47. The van der Waals surface area contributed by atoms with E-state index in [1.165, 1.54) is 18.2 Å². The van der Waals surface area contributed by atoms with Gasteiger partial charge < -0.3 is 19.8 Å². The molecule has 232 valence electrons. The van der Waals surface area contributed by atoms with Crippen molar-refractivity contribution in [3.05, 3.63) is 47.2 Å². The van der Waals surface area contributed by atoms with E-state index in [1.54, 1.807) is 20.0 Å². The van der Waals surface area contributed by atoms with Crippen LogP contribution in [0.1, 0.15) is 50.8 Å². The molecule has 0 aliphatic carbocycles. The molecule has 0 unspecified atom stereocenters. The summed E-state index contributed by atoms with van der Waals surface area (Å²) in [5.41, 5.74) is 0.682. The lowest BCUT2D eigenvalue weighted by atomic mass is 9.94. The largest absolute Gasteiger partial charge is 0.508 e. The minimum atomic E-state index is -0.928. The van der Waals surface area contributed by atoms with Crippen molar-refractivity contribution in [2.45, 2.75) is 76.2 Å². The predicted molar refractivity (Wildman–Crippen MR) is 162 cm³/mol. The topological polar surface area (TPSA) is 94.8 Å². The van der Waals surface area contributed by atoms with Crippen molar-refractivity contribution >= 4 is 27.5 Å². The number of ether oxygens (including phenoxy) is 1. The van der Waals surface area contributed by atoms with Gasteiger partial charge in [0.05, 0.1) is 28.8 Å². The van der Waals surface area contributed by atoms with Crippen LogP contribution < -0.4 is 9.64 Å². The third kappa shape index (κ3) is 4.54. The summed E-state index contributed by atoms with van der Waals surface area (Å²) in [7, 11) is 1.80. The first-order valence-electron chi connectivity index (χ1n) is 15.4. The molecule has 4 atom stereocenters. The number of aromatic hydroxyl groups is 1. The van der Waals surface area contributed by atoms with Gasteiger partial charge in [0.25, 0.3) is 0 Å². The predicted octanol–water partition coefficient (Wildman–Crippen LogP) is 5.48.